The third-order valence-electron chi connectivity index (χ3n) is 1.33. The summed E-state index contributed by atoms with van der Waals surface area (Å²) < 4.78 is 0. The van der Waals surface area contributed by atoms with Crippen molar-refractivity contribution < 1.29 is 0 Å². The van der Waals surface area contributed by atoms with Crippen molar-refractivity contribution >= 4 is 12.9 Å². The number of nitrogens with zero attached hydrogens (tertiary/aromatic N) is 3. The normalized spacial score (nSPS) is 15.5. The van der Waals surface area contributed by atoms with Gasteiger partial charge in [0, 0.05) is 19.1 Å². The van der Waals surface area contributed by atoms with Gasteiger partial charge in [-0.25, -0.2) is 10.0 Å². The molecule has 0 aromatic carbocycles. The number of hydrazone groups is 1. The summed E-state index contributed by atoms with van der Waals surface area (Å²) in [6, 6.07) is 0. The van der Waals surface area contributed by atoms with Gasteiger partial charge in [0.05, 0.1) is 0 Å². The molecule has 0 aromatic rings. The summed E-state index contributed by atoms with van der Waals surface area (Å²) in [6.45, 7) is 7.41. The van der Waals surface area contributed by atoms with Gasteiger partial charge in [-0.1, -0.05) is 0 Å². The Morgan fingerprint density at radius 3 is 2.82 bits per heavy atom. The van der Waals surface area contributed by atoms with E-state index in [1.165, 1.54) is 0 Å². The highest BCUT2D eigenvalue weighted by molar-refractivity contribution is 5.73. The van der Waals surface area contributed by atoms with Crippen LogP contribution in [-0.4, -0.2) is 17.9 Å². The average molecular weight is 149 g/mol. The fourth-order valence-corrected chi connectivity index (χ4v) is 0.836. The molecule has 3 heteroatoms. The Kier molecular flexibility index (Phi) is 2.21. The maximum atomic E-state index is 4.14. The Labute approximate surface area is 66.4 Å². The quantitative estimate of drug-likeness (QED) is 0.522. The second-order valence-corrected chi connectivity index (χ2v) is 2.43. The molecule has 3 nitrogen and oxygen atoms in total. The van der Waals surface area contributed by atoms with Gasteiger partial charge in [0.25, 0.3) is 0 Å². The van der Waals surface area contributed by atoms with E-state index in [1.54, 1.807) is 11.2 Å². The molecule has 0 fully saturated rings. The van der Waals surface area contributed by atoms with Crippen LogP contribution in [0.4, 0.5) is 0 Å². The van der Waals surface area contributed by atoms with Crippen molar-refractivity contribution in [1.82, 2.24) is 5.01 Å². The van der Waals surface area contributed by atoms with Gasteiger partial charge in [-0.3, -0.25) is 0 Å². The van der Waals surface area contributed by atoms with Crippen LogP contribution in [0.3, 0.4) is 0 Å². The summed E-state index contributed by atoms with van der Waals surface area (Å²) >= 11 is 0. The lowest BCUT2D eigenvalue weighted by atomic mass is 10.3. The summed E-state index contributed by atoms with van der Waals surface area (Å²) in [7, 11) is 0. The highest BCUT2D eigenvalue weighted by Crippen LogP contribution is 2.14. The molecule has 0 spiro atoms. The lowest BCUT2D eigenvalue weighted by molar-refractivity contribution is 0.488. The smallest absolute Gasteiger partial charge is 0.151 e. The maximum absolute atomic E-state index is 4.14. The van der Waals surface area contributed by atoms with Gasteiger partial charge < -0.3 is 0 Å². The zero-order chi connectivity index (χ0) is 8.27. The van der Waals surface area contributed by atoms with E-state index in [0.717, 1.165) is 11.4 Å². The molecule has 58 valence electrons. The van der Waals surface area contributed by atoms with Crippen molar-refractivity contribution in [2.75, 3.05) is 0 Å². The van der Waals surface area contributed by atoms with E-state index in [-0.39, 0.29) is 0 Å². The predicted octanol–water partition coefficient (Wildman–Crippen LogP) is 1.75. The molecule has 11 heavy (non-hydrogen) atoms. The molecule has 0 saturated carbocycles. The zero-order valence-corrected chi connectivity index (χ0v) is 6.78. The summed E-state index contributed by atoms with van der Waals surface area (Å²) in [5.41, 5.74) is 1.12. The third kappa shape index (κ3) is 1.55. The molecule has 0 N–H and O–H groups in total. The lowest BCUT2D eigenvalue weighted by Crippen LogP contribution is -2.11. The molecule has 0 saturated heterocycles. The Morgan fingerprint density at radius 2 is 2.36 bits per heavy atom. The molecule has 0 aromatic heterocycles. The molecule has 0 radical (unpaired) electrons. The molecular weight excluding hydrogens is 138 g/mol. The Hall–Kier alpha value is -1.38. The number of hydrogen-bond donors (Lipinski definition) is 0. The molecule has 1 aliphatic heterocycles. The number of hydrogen-bond acceptors (Lipinski definition) is 3. The van der Waals surface area contributed by atoms with E-state index in [9.17, 15) is 0 Å². The van der Waals surface area contributed by atoms with Crippen molar-refractivity contribution in [3.05, 3.63) is 23.7 Å². The lowest BCUT2D eigenvalue weighted by Gasteiger charge is -2.17. The van der Waals surface area contributed by atoms with Gasteiger partial charge in [0.2, 0.25) is 0 Å². The minimum absolute atomic E-state index is 0.850. The fraction of sp³-hybridized carbons (Fsp3) is 0.250. The minimum atomic E-state index is 0.850. The molecule has 0 unspecified atom stereocenters. The van der Waals surface area contributed by atoms with Crippen LogP contribution in [0.25, 0.3) is 0 Å². The van der Waals surface area contributed by atoms with Gasteiger partial charge in [-0.15, -0.1) is 0 Å². The van der Waals surface area contributed by atoms with E-state index in [4.69, 9.17) is 0 Å². The van der Waals surface area contributed by atoms with Crippen molar-refractivity contribution in [2.45, 2.75) is 13.8 Å². The molecule has 1 aliphatic rings. The minimum Gasteiger partial charge on any atom is -0.237 e. The first kappa shape index (κ1) is 7.72. The predicted molar refractivity (Wildman–Crippen MR) is 47.4 cm³/mol. The maximum Gasteiger partial charge on any atom is 0.151 e. The van der Waals surface area contributed by atoms with Crippen molar-refractivity contribution in [3.8, 4) is 0 Å². The fourth-order valence-electron chi connectivity index (χ4n) is 0.836. The van der Waals surface area contributed by atoms with Crippen molar-refractivity contribution in [2.24, 2.45) is 10.1 Å². The van der Waals surface area contributed by atoms with Crippen LogP contribution in [0.1, 0.15) is 13.8 Å². The summed E-state index contributed by atoms with van der Waals surface area (Å²) in [5, 5.41) is 5.42. The molecule has 1 heterocycles. The van der Waals surface area contributed by atoms with Gasteiger partial charge in [0.15, 0.2) is 5.82 Å². The molecule has 1 rings (SSSR count). The first-order valence-corrected chi connectivity index (χ1v) is 3.40. The number of aliphatic imine (C=N–C) groups is 1. The van der Waals surface area contributed by atoms with Gasteiger partial charge in [-0.05, 0) is 25.5 Å². The van der Waals surface area contributed by atoms with E-state index >= 15 is 0 Å². The zero-order valence-electron chi connectivity index (χ0n) is 6.78. The first-order chi connectivity index (χ1) is 5.25. The molecule has 0 aliphatic carbocycles. The summed E-state index contributed by atoms with van der Waals surface area (Å²) in [5.74, 6) is 0.850. The van der Waals surface area contributed by atoms with Crippen LogP contribution in [0.2, 0.25) is 0 Å². The highest BCUT2D eigenvalue weighted by atomic mass is 15.5. The van der Waals surface area contributed by atoms with Crippen LogP contribution in [-0.2, 0) is 0 Å². The van der Waals surface area contributed by atoms with Gasteiger partial charge >= 0.3 is 0 Å². The SMILES string of the molecule is C=NN1C=CC=NC1=C(C)C. The molecule has 0 amide bonds. The van der Waals surface area contributed by atoms with Crippen molar-refractivity contribution in [3.63, 3.8) is 0 Å². The van der Waals surface area contributed by atoms with Crippen LogP contribution in [0.5, 0.6) is 0 Å². The number of rotatable bonds is 1. The second kappa shape index (κ2) is 3.14. The van der Waals surface area contributed by atoms with E-state index in [1.807, 2.05) is 26.1 Å². The monoisotopic (exact) mass is 149 g/mol. The van der Waals surface area contributed by atoms with Crippen molar-refractivity contribution in [1.29, 1.82) is 0 Å². The van der Waals surface area contributed by atoms with Crippen LogP contribution < -0.4 is 0 Å². The van der Waals surface area contributed by atoms with Crippen LogP contribution in [0.15, 0.2) is 33.8 Å². The third-order valence-corrected chi connectivity index (χ3v) is 1.33. The Bertz CT molecular complexity index is 244. The Balaban J connectivity index is 2.97. The molecule has 0 bridgehead atoms. The standard InChI is InChI=1S/C8H11N3/c1-7(2)8-10-5-4-6-11(8)9-3/h4-6H,3H2,1-2H3. The van der Waals surface area contributed by atoms with E-state index in [2.05, 4.69) is 16.8 Å². The summed E-state index contributed by atoms with van der Waals surface area (Å²) in [4.78, 5) is 4.14. The number of allylic oxidation sites excluding steroid dienone is 2. The van der Waals surface area contributed by atoms with Crippen LogP contribution in [0, 0.1) is 0 Å². The van der Waals surface area contributed by atoms with Gasteiger partial charge in [-0.2, -0.15) is 5.10 Å². The second-order valence-electron chi connectivity index (χ2n) is 2.43. The summed E-state index contributed by atoms with van der Waals surface area (Å²) in [6.07, 6.45) is 5.38. The van der Waals surface area contributed by atoms with Gasteiger partial charge in [0.1, 0.15) is 0 Å². The first-order valence-electron chi connectivity index (χ1n) is 3.40. The highest BCUT2D eigenvalue weighted by Gasteiger charge is 2.05. The largest absolute Gasteiger partial charge is 0.237 e. The van der Waals surface area contributed by atoms with Crippen LogP contribution >= 0.6 is 0 Å². The Morgan fingerprint density at radius 1 is 1.64 bits per heavy atom. The average Bonchev–Trinajstić information content (AvgIpc) is 2.04. The molecule has 0 atom stereocenters. The van der Waals surface area contributed by atoms with E-state index < -0.39 is 0 Å². The topological polar surface area (TPSA) is 28.0 Å². The molecular formula is C8H11N3. The van der Waals surface area contributed by atoms with E-state index in [0.29, 0.717) is 0 Å².